The highest BCUT2D eigenvalue weighted by atomic mass is 16.4. The van der Waals surface area contributed by atoms with E-state index in [0.29, 0.717) is 5.41 Å². The molecule has 26 heavy (non-hydrogen) atoms. The number of amides is 1. The molecule has 0 saturated heterocycles. The van der Waals surface area contributed by atoms with E-state index in [4.69, 9.17) is 0 Å². The molecule has 1 amide bonds. The largest absolute Gasteiger partial charge is 0.550 e. The number of carbonyl (C=O) groups is 2. The molecule has 4 atom stereocenters. The van der Waals surface area contributed by atoms with Gasteiger partial charge in [0.2, 0.25) is 5.91 Å². The van der Waals surface area contributed by atoms with Gasteiger partial charge < -0.3 is 15.2 Å². The van der Waals surface area contributed by atoms with Crippen LogP contribution in [-0.4, -0.2) is 18.4 Å². The van der Waals surface area contributed by atoms with Crippen LogP contribution in [0.1, 0.15) is 51.4 Å². The van der Waals surface area contributed by atoms with E-state index in [9.17, 15) is 14.7 Å². The van der Waals surface area contributed by atoms with Gasteiger partial charge >= 0.3 is 0 Å². The number of carbonyl (C=O) groups excluding carboxylic acids is 2. The number of nitrogens with one attached hydrogen (secondary N) is 1. The standard InChI is InChI=1S/C22H29NO3/c24-19(17-15-1-2-16(18(17)20(25)26)22(15)3-4-22)23-11-21-8-12-5-13(9-21)7-14(6-12)10-21/h1-2,12-18H,3-11H2,(H,23,24)(H,25,26)/p-1/t12?,13?,14?,15-,16+,17-,18+,21?/m1/s1. The fourth-order valence-electron chi connectivity index (χ4n) is 8.58. The molecule has 0 aromatic carbocycles. The molecule has 6 saturated carbocycles. The van der Waals surface area contributed by atoms with E-state index in [1.165, 1.54) is 38.5 Å². The van der Waals surface area contributed by atoms with Gasteiger partial charge in [-0.1, -0.05) is 12.2 Å². The lowest BCUT2D eigenvalue weighted by Crippen LogP contribution is -2.53. The second-order valence-corrected chi connectivity index (χ2v) is 10.7. The summed E-state index contributed by atoms with van der Waals surface area (Å²) in [4.78, 5) is 24.9. The van der Waals surface area contributed by atoms with Crippen LogP contribution < -0.4 is 10.4 Å². The molecule has 140 valence electrons. The SMILES string of the molecule is O=C([O-])[C@@H]1[C@H](C(=O)NCC23CC4CC(CC(C4)C2)C3)[C@H]2C=C[C@@H]1C21CC1. The van der Waals surface area contributed by atoms with Gasteiger partial charge in [-0.2, -0.15) is 0 Å². The van der Waals surface area contributed by atoms with Crippen LogP contribution in [0.4, 0.5) is 0 Å². The van der Waals surface area contributed by atoms with Crippen molar-refractivity contribution in [1.82, 2.24) is 5.32 Å². The van der Waals surface area contributed by atoms with Crippen molar-refractivity contribution in [3.63, 3.8) is 0 Å². The molecule has 7 aliphatic carbocycles. The molecule has 4 nitrogen and oxygen atoms in total. The van der Waals surface area contributed by atoms with E-state index < -0.39 is 17.8 Å². The zero-order chi connectivity index (χ0) is 17.7. The molecule has 0 unspecified atom stereocenters. The van der Waals surface area contributed by atoms with Gasteiger partial charge in [0.05, 0.1) is 5.92 Å². The minimum absolute atomic E-state index is 0.0157. The molecule has 6 fully saturated rings. The van der Waals surface area contributed by atoms with Gasteiger partial charge in [0.15, 0.2) is 0 Å². The van der Waals surface area contributed by atoms with Gasteiger partial charge in [-0.3, -0.25) is 4.79 Å². The van der Waals surface area contributed by atoms with Crippen LogP contribution in [0.25, 0.3) is 0 Å². The van der Waals surface area contributed by atoms with E-state index in [2.05, 4.69) is 17.5 Å². The lowest BCUT2D eigenvalue weighted by atomic mass is 9.49. The van der Waals surface area contributed by atoms with Crippen LogP contribution >= 0.6 is 0 Å². The maximum atomic E-state index is 13.1. The van der Waals surface area contributed by atoms with E-state index in [-0.39, 0.29) is 23.2 Å². The number of hydrogen-bond donors (Lipinski definition) is 1. The number of aliphatic carboxylic acids is 1. The summed E-state index contributed by atoms with van der Waals surface area (Å²) in [6, 6.07) is 0. The van der Waals surface area contributed by atoms with Gasteiger partial charge in [0.1, 0.15) is 0 Å². The van der Waals surface area contributed by atoms with E-state index in [1.807, 2.05) is 0 Å². The second kappa shape index (κ2) is 4.94. The lowest BCUT2D eigenvalue weighted by Gasteiger charge is -2.57. The number of allylic oxidation sites excluding steroid dienone is 2. The fourth-order valence-corrected chi connectivity index (χ4v) is 8.58. The van der Waals surface area contributed by atoms with E-state index >= 15 is 0 Å². The van der Waals surface area contributed by atoms with Crippen molar-refractivity contribution < 1.29 is 14.7 Å². The first-order valence-corrected chi connectivity index (χ1v) is 10.7. The van der Waals surface area contributed by atoms with Crippen molar-refractivity contribution in [2.24, 2.45) is 52.3 Å². The average molecular weight is 354 g/mol. The minimum Gasteiger partial charge on any atom is -0.550 e. The summed E-state index contributed by atoms with van der Waals surface area (Å²) in [5.41, 5.74) is 0.375. The molecule has 1 spiro atoms. The molecular formula is C22H28NO3-. The zero-order valence-electron chi connectivity index (χ0n) is 15.3. The van der Waals surface area contributed by atoms with Crippen molar-refractivity contribution in [3.8, 4) is 0 Å². The van der Waals surface area contributed by atoms with Gasteiger partial charge in [0, 0.05) is 18.4 Å². The highest BCUT2D eigenvalue weighted by Gasteiger charge is 2.68. The first-order chi connectivity index (χ1) is 12.5. The topological polar surface area (TPSA) is 69.2 Å². The van der Waals surface area contributed by atoms with Crippen molar-refractivity contribution in [3.05, 3.63) is 12.2 Å². The summed E-state index contributed by atoms with van der Waals surface area (Å²) in [5, 5.41) is 15.1. The molecule has 6 bridgehead atoms. The van der Waals surface area contributed by atoms with Gasteiger partial charge in [-0.05, 0) is 91.8 Å². The Morgan fingerprint density at radius 3 is 1.96 bits per heavy atom. The average Bonchev–Trinajstić information content (AvgIpc) is 3.24. The van der Waals surface area contributed by atoms with E-state index in [1.54, 1.807) is 0 Å². The van der Waals surface area contributed by atoms with Crippen molar-refractivity contribution in [2.75, 3.05) is 6.54 Å². The quantitative estimate of drug-likeness (QED) is 0.784. The molecule has 0 radical (unpaired) electrons. The third-order valence-corrected chi connectivity index (χ3v) is 9.22. The molecule has 7 aliphatic rings. The lowest BCUT2D eigenvalue weighted by molar-refractivity contribution is -0.313. The Kier molecular flexibility index (Phi) is 2.98. The Labute approximate surface area is 154 Å². The summed E-state index contributed by atoms with van der Waals surface area (Å²) in [7, 11) is 0. The van der Waals surface area contributed by atoms with Crippen LogP contribution in [0.2, 0.25) is 0 Å². The van der Waals surface area contributed by atoms with Crippen LogP contribution in [0, 0.1) is 52.3 Å². The summed E-state index contributed by atoms with van der Waals surface area (Å²) < 4.78 is 0. The number of carboxylic acid groups (broad SMARTS) is 1. The molecule has 0 aromatic heterocycles. The Bertz CT molecular complexity index is 671. The van der Waals surface area contributed by atoms with Crippen LogP contribution in [-0.2, 0) is 9.59 Å². The van der Waals surface area contributed by atoms with Crippen LogP contribution in [0.3, 0.4) is 0 Å². The Hall–Kier alpha value is -1.32. The second-order valence-electron chi connectivity index (χ2n) is 10.7. The Morgan fingerprint density at radius 2 is 1.46 bits per heavy atom. The number of carboxylic acids is 1. The Morgan fingerprint density at radius 1 is 0.923 bits per heavy atom. The summed E-state index contributed by atoms with van der Waals surface area (Å²) in [6.07, 6.45) is 14.3. The maximum absolute atomic E-state index is 13.1. The summed E-state index contributed by atoms with van der Waals surface area (Å²) in [5.74, 6) is 0.675. The first kappa shape index (κ1) is 15.7. The summed E-state index contributed by atoms with van der Waals surface area (Å²) in [6.45, 7) is 0.764. The third-order valence-electron chi connectivity index (χ3n) is 9.22. The maximum Gasteiger partial charge on any atom is 0.224 e. The number of rotatable bonds is 4. The van der Waals surface area contributed by atoms with Crippen molar-refractivity contribution in [1.29, 1.82) is 0 Å². The Balaban J connectivity index is 1.20. The molecule has 7 rings (SSSR count). The molecule has 4 heteroatoms. The van der Waals surface area contributed by atoms with Gasteiger partial charge in [-0.15, -0.1) is 0 Å². The normalized spacial score (nSPS) is 51.2. The fraction of sp³-hybridized carbons (Fsp3) is 0.818. The van der Waals surface area contributed by atoms with Crippen LogP contribution in [0.5, 0.6) is 0 Å². The minimum atomic E-state index is -1.02. The molecule has 1 N–H and O–H groups in total. The monoisotopic (exact) mass is 354 g/mol. The van der Waals surface area contributed by atoms with Crippen molar-refractivity contribution >= 4 is 11.9 Å². The predicted octanol–water partition coefficient (Wildman–Crippen LogP) is 1.90. The smallest absolute Gasteiger partial charge is 0.224 e. The molecule has 0 heterocycles. The summed E-state index contributed by atoms with van der Waals surface area (Å²) >= 11 is 0. The van der Waals surface area contributed by atoms with Gasteiger partial charge in [-0.25, -0.2) is 0 Å². The number of hydrogen-bond acceptors (Lipinski definition) is 3. The van der Waals surface area contributed by atoms with Crippen LogP contribution in [0.15, 0.2) is 12.2 Å². The van der Waals surface area contributed by atoms with Crippen molar-refractivity contribution in [2.45, 2.75) is 51.4 Å². The molecule has 0 aromatic rings. The zero-order valence-corrected chi connectivity index (χ0v) is 15.3. The first-order valence-electron chi connectivity index (χ1n) is 10.7. The van der Waals surface area contributed by atoms with E-state index in [0.717, 1.165) is 37.1 Å². The highest BCUT2D eigenvalue weighted by Crippen LogP contribution is 2.72. The predicted molar refractivity (Wildman–Crippen MR) is 93.4 cm³/mol. The highest BCUT2D eigenvalue weighted by molar-refractivity contribution is 5.87. The van der Waals surface area contributed by atoms with Gasteiger partial charge in [0.25, 0.3) is 0 Å². The third kappa shape index (κ3) is 1.96. The molecule has 0 aliphatic heterocycles. The molecular weight excluding hydrogens is 326 g/mol.